The maximum absolute atomic E-state index is 11.1. The fourth-order valence-corrected chi connectivity index (χ4v) is 3.01. The molecule has 1 atom stereocenters. The van der Waals surface area contributed by atoms with Crippen molar-refractivity contribution in [3.63, 3.8) is 0 Å². The number of carboxylic acid groups (broad SMARTS) is 1. The molecule has 2 N–H and O–H groups in total. The number of carboxylic acids is 1. The van der Waals surface area contributed by atoms with E-state index in [-0.39, 0.29) is 22.4 Å². The summed E-state index contributed by atoms with van der Waals surface area (Å²) in [5.41, 5.74) is 0.0474. The van der Waals surface area contributed by atoms with E-state index in [0.717, 1.165) is 25.7 Å². The van der Waals surface area contributed by atoms with Gasteiger partial charge < -0.3 is 15.2 Å². The highest BCUT2D eigenvalue weighted by molar-refractivity contribution is 6.29. The molecule has 0 spiro atoms. The van der Waals surface area contributed by atoms with Crippen LogP contribution in [0.4, 0.5) is 5.82 Å². The minimum Gasteiger partial charge on any atom is -0.478 e. The Morgan fingerprint density at radius 2 is 2.24 bits per heavy atom. The van der Waals surface area contributed by atoms with E-state index >= 15 is 0 Å². The predicted octanol–water partition coefficient (Wildman–Crippen LogP) is 3.58. The first-order valence-electron chi connectivity index (χ1n) is 7.29. The lowest BCUT2D eigenvalue weighted by molar-refractivity contribution is -0.0864. The topological polar surface area (TPSA) is 71.5 Å². The summed E-state index contributed by atoms with van der Waals surface area (Å²) in [6.45, 7) is 4.96. The Labute approximate surface area is 129 Å². The van der Waals surface area contributed by atoms with Gasteiger partial charge in [0.15, 0.2) is 0 Å². The molecule has 0 amide bonds. The zero-order valence-corrected chi connectivity index (χ0v) is 13.1. The summed E-state index contributed by atoms with van der Waals surface area (Å²) in [5.74, 6) is -0.501. The van der Waals surface area contributed by atoms with Crippen LogP contribution in [0.25, 0.3) is 0 Å². The third kappa shape index (κ3) is 3.86. The Morgan fingerprint density at radius 3 is 2.86 bits per heavy atom. The van der Waals surface area contributed by atoms with Gasteiger partial charge in [-0.25, -0.2) is 9.78 Å². The lowest BCUT2D eigenvalue weighted by Gasteiger charge is -2.40. The van der Waals surface area contributed by atoms with Crippen molar-refractivity contribution >= 4 is 23.4 Å². The third-order valence-corrected chi connectivity index (χ3v) is 4.37. The number of rotatable bonds is 5. The molecule has 21 heavy (non-hydrogen) atoms. The zero-order chi connectivity index (χ0) is 15.5. The molecule has 1 aromatic heterocycles. The van der Waals surface area contributed by atoms with E-state index in [2.05, 4.69) is 24.1 Å². The second-order valence-corrected chi connectivity index (χ2v) is 5.83. The van der Waals surface area contributed by atoms with Gasteiger partial charge in [0.2, 0.25) is 0 Å². The largest absolute Gasteiger partial charge is 0.478 e. The number of hydrogen-bond donors (Lipinski definition) is 2. The van der Waals surface area contributed by atoms with Gasteiger partial charge in [-0.05, 0) is 37.8 Å². The van der Waals surface area contributed by atoms with Crippen LogP contribution in [-0.2, 0) is 4.74 Å². The average Bonchev–Trinajstić information content (AvgIpc) is 2.46. The van der Waals surface area contributed by atoms with Gasteiger partial charge in [-0.2, -0.15) is 0 Å². The van der Waals surface area contributed by atoms with E-state index in [1.54, 1.807) is 0 Å². The number of nitrogens with one attached hydrogen (secondary N) is 1. The van der Waals surface area contributed by atoms with Crippen LogP contribution in [0.5, 0.6) is 0 Å². The third-order valence-electron chi connectivity index (χ3n) is 4.17. The second-order valence-electron chi connectivity index (χ2n) is 5.44. The molecule has 1 aliphatic heterocycles. The molecular weight excluding hydrogens is 292 g/mol. The molecule has 2 rings (SSSR count). The van der Waals surface area contributed by atoms with Crippen molar-refractivity contribution < 1.29 is 14.6 Å². The molecule has 5 nitrogen and oxygen atoms in total. The quantitative estimate of drug-likeness (QED) is 0.813. The van der Waals surface area contributed by atoms with Crippen LogP contribution in [0.1, 0.15) is 49.9 Å². The Morgan fingerprint density at radius 1 is 1.52 bits per heavy atom. The summed E-state index contributed by atoms with van der Waals surface area (Å²) in [6.07, 6.45) is 3.69. The number of pyridine rings is 1. The number of aromatic nitrogens is 1. The highest BCUT2D eigenvalue weighted by Crippen LogP contribution is 2.32. The number of halogens is 1. The van der Waals surface area contributed by atoms with Crippen molar-refractivity contribution in [1.29, 1.82) is 0 Å². The summed E-state index contributed by atoms with van der Waals surface area (Å²) in [5, 5.41) is 12.5. The van der Waals surface area contributed by atoms with Gasteiger partial charge in [0, 0.05) is 12.6 Å². The fourth-order valence-electron chi connectivity index (χ4n) is 2.80. The lowest BCUT2D eigenvalue weighted by atomic mass is 9.86. The predicted molar refractivity (Wildman–Crippen MR) is 82.1 cm³/mol. The minimum atomic E-state index is -1.01. The molecule has 2 heterocycles. The number of carbonyl (C=O) groups is 1. The van der Waals surface area contributed by atoms with E-state index in [1.165, 1.54) is 12.1 Å². The SMILES string of the molecule is CCC1(CC)CC(Nc2cc(C(=O)O)cc(Cl)n2)CCO1. The Bertz CT molecular complexity index is 518. The minimum absolute atomic E-state index is 0.0931. The average molecular weight is 313 g/mol. The van der Waals surface area contributed by atoms with Crippen LogP contribution in [0.15, 0.2) is 12.1 Å². The molecule has 1 fully saturated rings. The van der Waals surface area contributed by atoms with Crippen molar-refractivity contribution in [3.05, 3.63) is 22.8 Å². The van der Waals surface area contributed by atoms with Crippen LogP contribution in [-0.4, -0.2) is 34.3 Å². The Kier molecular flexibility index (Phi) is 5.06. The van der Waals surface area contributed by atoms with E-state index in [1.807, 2.05) is 0 Å². The molecule has 0 radical (unpaired) electrons. The van der Waals surface area contributed by atoms with Crippen molar-refractivity contribution in [2.24, 2.45) is 0 Å². The molecule has 1 aromatic rings. The second kappa shape index (κ2) is 6.62. The normalized spacial score (nSPS) is 21.0. The number of anilines is 1. The molecule has 0 saturated carbocycles. The summed E-state index contributed by atoms with van der Waals surface area (Å²) in [7, 11) is 0. The highest BCUT2D eigenvalue weighted by Gasteiger charge is 2.34. The number of nitrogens with zero attached hydrogens (tertiary/aromatic N) is 1. The standard InChI is InChI=1S/C15H21ClN2O3/c1-3-15(4-2)9-11(5-6-21-15)17-13-8-10(14(19)20)7-12(16)18-13/h7-8,11H,3-6,9H2,1-2H3,(H,17,18)(H,19,20). The molecule has 0 aromatic carbocycles. The molecule has 6 heteroatoms. The van der Waals surface area contributed by atoms with Crippen LogP contribution in [0.3, 0.4) is 0 Å². The van der Waals surface area contributed by atoms with Crippen molar-refractivity contribution in [2.45, 2.75) is 51.2 Å². The van der Waals surface area contributed by atoms with Crippen molar-refractivity contribution in [2.75, 3.05) is 11.9 Å². The summed E-state index contributed by atoms with van der Waals surface area (Å²) >= 11 is 5.88. The van der Waals surface area contributed by atoms with Gasteiger partial charge in [-0.1, -0.05) is 25.4 Å². The lowest BCUT2D eigenvalue weighted by Crippen LogP contribution is -2.43. The summed E-state index contributed by atoms with van der Waals surface area (Å²) in [4.78, 5) is 15.2. The van der Waals surface area contributed by atoms with Crippen molar-refractivity contribution in [3.8, 4) is 0 Å². The van der Waals surface area contributed by atoms with Crippen LogP contribution in [0, 0.1) is 0 Å². The van der Waals surface area contributed by atoms with Crippen LogP contribution < -0.4 is 5.32 Å². The first-order chi connectivity index (χ1) is 9.98. The highest BCUT2D eigenvalue weighted by atomic mass is 35.5. The number of hydrogen-bond acceptors (Lipinski definition) is 4. The van der Waals surface area contributed by atoms with Crippen molar-refractivity contribution in [1.82, 2.24) is 4.98 Å². The Balaban J connectivity index is 2.12. The van der Waals surface area contributed by atoms with Crippen LogP contribution in [0.2, 0.25) is 5.15 Å². The van der Waals surface area contributed by atoms with Crippen LogP contribution >= 0.6 is 11.6 Å². The summed E-state index contributed by atoms with van der Waals surface area (Å²) in [6, 6.07) is 3.08. The van der Waals surface area contributed by atoms with E-state index in [9.17, 15) is 4.79 Å². The fraction of sp³-hybridized carbons (Fsp3) is 0.600. The van der Waals surface area contributed by atoms with Gasteiger partial charge in [0.05, 0.1) is 11.2 Å². The van der Waals surface area contributed by atoms with E-state index in [0.29, 0.717) is 12.4 Å². The van der Waals surface area contributed by atoms with Gasteiger partial charge in [-0.15, -0.1) is 0 Å². The molecule has 1 aliphatic rings. The first-order valence-corrected chi connectivity index (χ1v) is 7.67. The first kappa shape index (κ1) is 16.0. The van der Waals surface area contributed by atoms with Gasteiger partial charge >= 0.3 is 5.97 Å². The molecule has 1 unspecified atom stereocenters. The van der Waals surface area contributed by atoms with E-state index < -0.39 is 5.97 Å². The molecule has 0 bridgehead atoms. The van der Waals surface area contributed by atoms with E-state index in [4.69, 9.17) is 21.4 Å². The molecule has 116 valence electrons. The molecule has 1 saturated heterocycles. The smallest absolute Gasteiger partial charge is 0.335 e. The molecule has 0 aliphatic carbocycles. The zero-order valence-electron chi connectivity index (χ0n) is 12.4. The number of aromatic carboxylic acids is 1. The Hall–Kier alpha value is -1.33. The van der Waals surface area contributed by atoms with Gasteiger partial charge in [-0.3, -0.25) is 0 Å². The van der Waals surface area contributed by atoms with Gasteiger partial charge in [0.1, 0.15) is 11.0 Å². The monoisotopic (exact) mass is 312 g/mol. The van der Waals surface area contributed by atoms with Gasteiger partial charge in [0.25, 0.3) is 0 Å². The number of ether oxygens (including phenoxy) is 1. The molecular formula is C15H21ClN2O3. The maximum Gasteiger partial charge on any atom is 0.335 e. The maximum atomic E-state index is 11.1. The summed E-state index contributed by atoms with van der Waals surface area (Å²) < 4.78 is 5.94.